The molecule has 1 heterocycles. The SMILES string of the molecule is COC(=O)Cc1c(-c2ccc(OC)cc2)[nH]c2ccc(OC)cc12. The van der Waals surface area contributed by atoms with E-state index in [-0.39, 0.29) is 12.4 Å². The third-order valence-corrected chi connectivity index (χ3v) is 4.04. The zero-order chi connectivity index (χ0) is 17.1. The zero-order valence-electron chi connectivity index (χ0n) is 13.9. The van der Waals surface area contributed by atoms with Gasteiger partial charge in [0.05, 0.1) is 33.4 Å². The number of hydrogen-bond acceptors (Lipinski definition) is 4. The lowest BCUT2D eigenvalue weighted by molar-refractivity contribution is -0.139. The van der Waals surface area contributed by atoms with Crippen LogP contribution in [0.5, 0.6) is 11.5 Å². The van der Waals surface area contributed by atoms with E-state index in [2.05, 4.69) is 4.98 Å². The maximum atomic E-state index is 11.9. The molecule has 3 rings (SSSR count). The van der Waals surface area contributed by atoms with E-state index in [1.807, 2.05) is 42.5 Å². The van der Waals surface area contributed by atoms with Gasteiger partial charge in [0, 0.05) is 10.9 Å². The topological polar surface area (TPSA) is 60.5 Å². The largest absolute Gasteiger partial charge is 0.497 e. The van der Waals surface area contributed by atoms with Crippen molar-refractivity contribution in [2.24, 2.45) is 0 Å². The number of carbonyl (C=O) groups is 1. The summed E-state index contributed by atoms with van der Waals surface area (Å²) in [6.45, 7) is 0. The second-order valence-electron chi connectivity index (χ2n) is 5.37. The van der Waals surface area contributed by atoms with Crippen molar-refractivity contribution in [2.45, 2.75) is 6.42 Å². The number of carbonyl (C=O) groups excluding carboxylic acids is 1. The molecule has 24 heavy (non-hydrogen) atoms. The highest BCUT2D eigenvalue weighted by atomic mass is 16.5. The number of H-pyrrole nitrogens is 1. The number of nitrogens with one attached hydrogen (secondary N) is 1. The van der Waals surface area contributed by atoms with Gasteiger partial charge in [0.1, 0.15) is 11.5 Å². The molecule has 0 aliphatic heterocycles. The fourth-order valence-corrected chi connectivity index (χ4v) is 2.76. The van der Waals surface area contributed by atoms with E-state index in [0.717, 1.165) is 39.2 Å². The Morgan fingerprint density at radius 2 is 1.62 bits per heavy atom. The average Bonchev–Trinajstić information content (AvgIpc) is 2.99. The van der Waals surface area contributed by atoms with Crippen LogP contribution in [-0.4, -0.2) is 32.3 Å². The highest BCUT2D eigenvalue weighted by Gasteiger charge is 2.17. The van der Waals surface area contributed by atoms with Crippen molar-refractivity contribution in [1.29, 1.82) is 0 Å². The van der Waals surface area contributed by atoms with E-state index in [1.54, 1.807) is 14.2 Å². The molecule has 0 aliphatic carbocycles. The lowest BCUT2D eigenvalue weighted by atomic mass is 10.0. The summed E-state index contributed by atoms with van der Waals surface area (Å²) in [4.78, 5) is 15.3. The summed E-state index contributed by atoms with van der Waals surface area (Å²) in [5.74, 6) is 1.24. The Bertz CT molecular complexity index is 865. The molecule has 0 fully saturated rings. The fraction of sp³-hybridized carbons (Fsp3) is 0.211. The predicted octanol–water partition coefficient (Wildman–Crippen LogP) is 3.57. The van der Waals surface area contributed by atoms with Crippen molar-refractivity contribution in [3.63, 3.8) is 0 Å². The maximum Gasteiger partial charge on any atom is 0.310 e. The first-order valence-corrected chi connectivity index (χ1v) is 7.56. The van der Waals surface area contributed by atoms with Crippen molar-refractivity contribution >= 4 is 16.9 Å². The third kappa shape index (κ3) is 2.93. The first-order chi connectivity index (χ1) is 11.7. The van der Waals surface area contributed by atoms with E-state index in [9.17, 15) is 4.79 Å². The van der Waals surface area contributed by atoms with Crippen molar-refractivity contribution < 1.29 is 19.0 Å². The van der Waals surface area contributed by atoms with Gasteiger partial charge in [-0.2, -0.15) is 0 Å². The van der Waals surface area contributed by atoms with Crippen LogP contribution in [0.15, 0.2) is 42.5 Å². The molecular weight excluding hydrogens is 306 g/mol. The molecule has 0 atom stereocenters. The van der Waals surface area contributed by atoms with E-state index < -0.39 is 0 Å². The number of esters is 1. The summed E-state index contributed by atoms with van der Waals surface area (Å²) >= 11 is 0. The van der Waals surface area contributed by atoms with Crippen LogP contribution in [0.4, 0.5) is 0 Å². The first-order valence-electron chi connectivity index (χ1n) is 7.56. The first kappa shape index (κ1) is 15.9. The van der Waals surface area contributed by atoms with Gasteiger partial charge < -0.3 is 19.2 Å². The van der Waals surface area contributed by atoms with Crippen molar-refractivity contribution in [3.8, 4) is 22.8 Å². The van der Waals surface area contributed by atoms with Gasteiger partial charge >= 0.3 is 5.97 Å². The molecule has 0 bridgehead atoms. The van der Waals surface area contributed by atoms with Gasteiger partial charge in [0.15, 0.2) is 0 Å². The molecule has 1 N–H and O–H groups in total. The number of hydrogen-bond donors (Lipinski definition) is 1. The Kier molecular flexibility index (Phi) is 4.42. The molecule has 0 unspecified atom stereocenters. The minimum Gasteiger partial charge on any atom is -0.497 e. The molecule has 5 nitrogen and oxygen atoms in total. The number of fused-ring (bicyclic) bond motifs is 1. The standard InChI is InChI=1S/C19H19NO4/c1-22-13-6-4-12(5-7-13)19-16(11-18(21)24-3)15-10-14(23-2)8-9-17(15)20-19/h4-10,20H,11H2,1-3H3. The number of aromatic nitrogens is 1. The van der Waals surface area contributed by atoms with E-state index >= 15 is 0 Å². The van der Waals surface area contributed by atoms with Gasteiger partial charge in [0.25, 0.3) is 0 Å². The number of ether oxygens (including phenoxy) is 3. The monoisotopic (exact) mass is 325 g/mol. The molecule has 0 saturated heterocycles. The summed E-state index contributed by atoms with van der Waals surface area (Å²) in [6.07, 6.45) is 0.186. The van der Waals surface area contributed by atoms with Crippen LogP contribution in [-0.2, 0) is 16.0 Å². The number of rotatable bonds is 5. The van der Waals surface area contributed by atoms with Gasteiger partial charge in [-0.25, -0.2) is 0 Å². The molecule has 0 saturated carbocycles. The van der Waals surface area contributed by atoms with E-state index in [0.29, 0.717) is 0 Å². The van der Waals surface area contributed by atoms with Gasteiger partial charge in [-0.3, -0.25) is 4.79 Å². The normalized spacial score (nSPS) is 10.6. The molecule has 0 radical (unpaired) electrons. The highest BCUT2D eigenvalue weighted by molar-refractivity contribution is 5.95. The fourth-order valence-electron chi connectivity index (χ4n) is 2.76. The van der Waals surface area contributed by atoms with Crippen molar-refractivity contribution in [3.05, 3.63) is 48.0 Å². The number of benzene rings is 2. The maximum absolute atomic E-state index is 11.9. The minimum atomic E-state index is -0.284. The lowest BCUT2D eigenvalue weighted by Gasteiger charge is -2.06. The summed E-state index contributed by atoms with van der Waals surface area (Å²) in [6, 6.07) is 13.5. The highest BCUT2D eigenvalue weighted by Crippen LogP contribution is 2.33. The quantitative estimate of drug-likeness (QED) is 0.729. The molecule has 0 spiro atoms. The smallest absolute Gasteiger partial charge is 0.310 e. The molecular formula is C19H19NO4. The third-order valence-electron chi connectivity index (χ3n) is 4.04. The Hall–Kier alpha value is -2.95. The van der Waals surface area contributed by atoms with Crippen LogP contribution in [0, 0.1) is 0 Å². The van der Waals surface area contributed by atoms with Crippen LogP contribution in [0.3, 0.4) is 0 Å². The van der Waals surface area contributed by atoms with Gasteiger partial charge in [-0.05, 0) is 53.6 Å². The van der Waals surface area contributed by atoms with E-state index in [1.165, 1.54) is 7.11 Å². The molecule has 1 aromatic heterocycles. The van der Waals surface area contributed by atoms with Crippen LogP contribution < -0.4 is 9.47 Å². The summed E-state index contributed by atoms with van der Waals surface area (Å²) in [5.41, 5.74) is 3.71. The second kappa shape index (κ2) is 6.66. The Balaban J connectivity index is 2.17. The molecule has 2 aromatic carbocycles. The predicted molar refractivity (Wildman–Crippen MR) is 92.6 cm³/mol. The van der Waals surface area contributed by atoms with Crippen molar-refractivity contribution in [2.75, 3.05) is 21.3 Å². The Morgan fingerprint density at radius 1 is 0.958 bits per heavy atom. The number of aromatic amines is 1. The number of methoxy groups -OCH3 is 3. The Morgan fingerprint density at radius 3 is 2.25 bits per heavy atom. The summed E-state index contributed by atoms with van der Waals surface area (Å²) < 4.78 is 15.4. The second-order valence-corrected chi connectivity index (χ2v) is 5.37. The molecule has 124 valence electrons. The van der Waals surface area contributed by atoms with Gasteiger partial charge in [0.2, 0.25) is 0 Å². The van der Waals surface area contributed by atoms with Gasteiger partial charge in [-0.15, -0.1) is 0 Å². The molecule has 0 aliphatic rings. The molecule has 5 heteroatoms. The van der Waals surface area contributed by atoms with Crippen LogP contribution in [0.1, 0.15) is 5.56 Å². The Labute approximate surface area is 140 Å². The van der Waals surface area contributed by atoms with Gasteiger partial charge in [-0.1, -0.05) is 0 Å². The van der Waals surface area contributed by atoms with Crippen molar-refractivity contribution in [1.82, 2.24) is 4.98 Å². The summed E-state index contributed by atoms with van der Waals surface area (Å²) in [5, 5.41) is 0.950. The zero-order valence-corrected chi connectivity index (χ0v) is 13.9. The lowest BCUT2D eigenvalue weighted by Crippen LogP contribution is -2.05. The summed E-state index contributed by atoms with van der Waals surface area (Å²) in [7, 11) is 4.65. The van der Waals surface area contributed by atoms with Crippen LogP contribution in [0.25, 0.3) is 22.2 Å². The van der Waals surface area contributed by atoms with E-state index in [4.69, 9.17) is 14.2 Å². The van der Waals surface area contributed by atoms with Crippen LogP contribution in [0.2, 0.25) is 0 Å². The molecule has 3 aromatic rings. The average molecular weight is 325 g/mol. The van der Waals surface area contributed by atoms with Crippen LogP contribution >= 0.6 is 0 Å². The minimum absolute atomic E-state index is 0.186. The molecule has 0 amide bonds.